The summed E-state index contributed by atoms with van der Waals surface area (Å²) in [5.74, 6) is 0.726. The zero-order valence-corrected chi connectivity index (χ0v) is 12.3. The molecule has 0 aromatic carbocycles. The van der Waals surface area contributed by atoms with Gasteiger partial charge in [-0.25, -0.2) is 0 Å². The highest BCUT2D eigenvalue weighted by Crippen LogP contribution is 2.13. The Morgan fingerprint density at radius 1 is 1.32 bits per heavy atom. The average Bonchev–Trinajstić information content (AvgIpc) is 2.43. The van der Waals surface area contributed by atoms with Crippen LogP contribution in [0.1, 0.15) is 26.2 Å². The van der Waals surface area contributed by atoms with Gasteiger partial charge >= 0.3 is 0 Å². The lowest BCUT2D eigenvalue weighted by Gasteiger charge is -2.22. The summed E-state index contributed by atoms with van der Waals surface area (Å²) in [7, 11) is 1.64. The second kappa shape index (κ2) is 10.6. The predicted octanol–water partition coefficient (Wildman–Crippen LogP) is 0.805. The van der Waals surface area contributed by atoms with Crippen LogP contribution in [0.5, 0.6) is 0 Å². The molecule has 114 valence electrons. The van der Waals surface area contributed by atoms with Crippen LogP contribution in [0.15, 0.2) is 0 Å². The van der Waals surface area contributed by atoms with Crippen LogP contribution in [-0.4, -0.2) is 63.9 Å². The minimum Gasteiger partial charge on any atom is -0.388 e. The summed E-state index contributed by atoms with van der Waals surface area (Å²) in [5.41, 5.74) is 0. The first-order valence-corrected chi connectivity index (χ1v) is 7.29. The molecule has 1 fully saturated rings. The first-order valence-electron chi connectivity index (χ1n) is 7.29. The SMILES string of the molecule is COCC(C)OCC(O)COCCC1CCCNC1. The van der Waals surface area contributed by atoms with Crippen LogP contribution in [0.3, 0.4) is 0 Å². The molecule has 0 spiro atoms. The van der Waals surface area contributed by atoms with Crippen LogP contribution in [0.4, 0.5) is 0 Å². The lowest BCUT2D eigenvalue weighted by molar-refractivity contribution is -0.0577. The highest BCUT2D eigenvalue weighted by Gasteiger charge is 2.13. The van der Waals surface area contributed by atoms with Gasteiger partial charge in [0.15, 0.2) is 0 Å². The monoisotopic (exact) mass is 275 g/mol. The largest absolute Gasteiger partial charge is 0.388 e. The summed E-state index contributed by atoms with van der Waals surface area (Å²) >= 11 is 0. The Balaban J connectivity index is 1.93. The highest BCUT2D eigenvalue weighted by atomic mass is 16.5. The molecule has 0 aromatic rings. The van der Waals surface area contributed by atoms with Crippen molar-refractivity contribution in [2.45, 2.75) is 38.4 Å². The fourth-order valence-electron chi connectivity index (χ4n) is 2.25. The van der Waals surface area contributed by atoms with Gasteiger partial charge in [0.2, 0.25) is 0 Å². The van der Waals surface area contributed by atoms with Gasteiger partial charge in [-0.2, -0.15) is 0 Å². The van der Waals surface area contributed by atoms with E-state index in [9.17, 15) is 5.11 Å². The Labute approximate surface area is 116 Å². The normalized spacial score (nSPS) is 23.2. The van der Waals surface area contributed by atoms with Gasteiger partial charge in [0.25, 0.3) is 0 Å². The van der Waals surface area contributed by atoms with E-state index < -0.39 is 6.10 Å². The maximum absolute atomic E-state index is 9.70. The van der Waals surface area contributed by atoms with Crippen molar-refractivity contribution in [2.24, 2.45) is 5.92 Å². The summed E-state index contributed by atoms with van der Waals surface area (Å²) in [6, 6.07) is 0. The molecule has 0 aliphatic carbocycles. The molecule has 1 aliphatic heterocycles. The van der Waals surface area contributed by atoms with E-state index in [0.29, 0.717) is 19.8 Å². The van der Waals surface area contributed by atoms with Crippen molar-refractivity contribution in [3.05, 3.63) is 0 Å². The van der Waals surface area contributed by atoms with Crippen LogP contribution in [0.2, 0.25) is 0 Å². The summed E-state index contributed by atoms with van der Waals surface area (Å²) in [6.07, 6.45) is 3.08. The van der Waals surface area contributed by atoms with Gasteiger partial charge in [-0.15, -0.1) is 0 Å². The smallest absolute Gasteiger partial charge is 0.101 e. The molecule has 0 saturated carbocycles. The molecule has 1 saturated heterocycles. The van der Waals surface area contributed by atoms with Crippen LogP contribution in [0.25, 0.3) is 0 Å². The van der Waals surface area contributed by atoms with Crippen LogP contribution < -0.4 is 5.32 Å². The molecule has 3 atom stereocenters. The molecule has 5 heteroatoms. The minimum absolute atomic E-state index is 0.00737. The number of aliphatic hydroxyl groups excluding tert-OH is 1. The zero-order valence-electron chi connectivity index (χ0n) is 12.3. The number of ether oxygens (including phenoxy) is 3. The average molecular weight is 275 g/mol. The lowest BCUT2D eigenvalue weighted by Crippen LogP contribution is -2.31. The van der Waals surface area contributed by atoms with E-state index >= 15 is 0 Å². The molecule has 0 radical (unpaired) electrons. The van der Waals surface area contributed by atoms with Gasteiger partial charge in [0.1, 0.15) is 6.10 Å². The van der Waals surface area contributed by atoms with Crippen molar-refractivity contribution in [2.75, 3.05) is 46.6 Å². The van der Waals surface area contributed by atoms with Gasteiger partial charge in [-0.05, 0) is 45.2 Å². The molecule has 0 amide bonds. The van der Waals surface area contributed by atoms with Gasteiger partial charge < -0.3 is 24.6 Å². The number of nitrogens with one attached hydrogen (secondary N) is 1. The van der Waals surface area contributed by atoms with Crippen molar-refractivity contribution in [3.8, 4) is 0 Å². The number of methoxy groups -OCH3 is 1. The third-order valence-electron chi connectivity index (χ3n) is 3.35. The summed E-state index contributed by atoms with van der Waals surface area (Å²) < 4.78 is 15.9. The molecule has 1 rings (SSSR count). The van der Waals surface area contributed by atoms with E-state index in [0.717, 1.165) is 32.0 Å². The summed E-state index contributed by atoms with van der Waals surface area (Å²) in [5, 5.41) is 13.1. The fraction of sp³-hybridized carbons (Fsp3) is 1.00. The van der Waals surface area contributed by atoms with Crippen LogP contribution >= 0.6 is 0 Å². The Kier molecular flexibility index (Phi) is 9.38. The molecule has 19 heavy (non-hydrogen) atoms. The van der Waals surface area contributed by atoms with E-state index in [2.05, 4.69) is 5.32 Å². The molecule has 0 bridgehead atoms. The van der Waals surface area contributed by atoms with Gasteiger partial charge in [-0.1, -0.05) is 0 Å². The quantitative estimate of drug-likeness (QED) is 0.578. The van der Waals surface area contributed by atoms with Crippen molar-refractivity contribution in [3.63, 3.8) is 0 Å². The second-order valence-electron chi connectivity index (χ2n) is 5.33. The molecular formula is C14H29NO4. The van der Waals surface area contributed by atoms with E-state index in [1.807, 2.05) is 6.92 Å². The first kappa shape index (κ1) is 16.9. The van der Waals surface area contributed by atoms with Crippen molar-refractivity contribution in [1.29, 1.82) is 0 Å². The van der Waals surface area contributed by atoms with Crippen molar-refractivity contribution < 1.29 is 19.3 Å². The van der Waals surface area contributed by atoms with Gasteiger partial charge in [-0.3, -0.25) is 0 Å². The third-order valence-corrected chi connectivity index (χ3v) is 3.35. The molecular weight excluding hydrogens is 246 g/mol. The number of aliphatic hydroxyl groups is 1. The van der Waals surface area contributed by atoms with Gasteiger partial charge in [0, 0.05) is 13.7 Å². The molecule has 1 heterocycles. The molecule has 3 unspecified atom stereocenters. The Morgan fingerprint density at radius 3 is 2.84 bits per heavy atom. The standard InChI is InChI=1S/C14H29NO4/c1-12(9-17-2)19-11-14(16)10-18-7-5-13-4-3-6-15-8-13/h12-16H,3-11H2,1-2H3. The number of rotatable bonds is 10. The van der Waals surface area contributed by atoms with E-state index in [4.69, 9.17) is 14.2 Å². The van der Waals surface area contributed by atoms with Crippen LogP contribution in [0, 0.1) is 5.92 Å². The molecule has 5 nitrogen and oxygen atoms in total. The maximum atomic E-state index is 9.70. The highest BCUT2D eigenvalue weighted by molar-refractivity contribution is 4.68. The molecule has 0 aromatic heterocycles. The minimum atomic E-state index is -0.552. The maximum Gasteiger partial charge on any atom is 0.101 e. The fourth-order valence-corrected chi connectivity index (χ4v) is 2.25. The lowest BCUT2D eigenvalue weighted by atomic mass is 9.97. The summed E-state index contributed by atoms with van der Waals surface area (Å²) in [6.45, 7) is 6.08. The Hall–Kier alpha value is -0.200. The van der Waals surface area contributed by atoms with Crippen molar-refractivity contribution in [1.82, 2.24) is 5.32 Å². The number of piperidine rings is 1. The zero-order chi connectivity index (χ0) is 13.9. The Bertz CT molecular complexity index is 210. The number of hydrogen-bond acceptors (Lipinski definition) is 5. The van der Waals surface area contributed by atoms with E-state index in [-0.39, 0.29) is 6.10 Å². The number of hydrogen-bond donors (Lipinski definition) is 2. The molecule has 1 aliphatic rings. The van der Waals surface area contributed by atoms with E-state index in [1.165, 1.54) is 12.8 Å². The van der Waals surface area contributed by atoms with E-state index in [1.54, 1.807) is 7.11 Å². The topological polar surface area (TPSA) is 60.0 Å². The predicted molar refractivity (Wildman–Crippen MR) is 74.3 cm³/mol. The van der Waals surface area contributed by atoms with Crippen LogP contribution in [-0.2, 0) is 14.2 Å². The van der Waals surface area contributed by atoms with Gasteiger partial charge in [0.05, 0.1) is 25.9 Å². The second-order valence-corrected chi connectivity index (χ2v) is 5.33. The first-order chi connectivity index (χ1) is 9.22. The molecule has 2 N–H and O–H groups in total. The summed E-state index contributed by atoms with van der Waals surface area (Å²) in [4.78, 5) is 0. The van der Waals surface area contributed by atoms with Crippen molar-refractivity contribution >= 4 is 0 Å². The third kappa shape index (κ3) is 8.55. The Morgan fingerprint density at radius 2 is 2.16 bits per heavy atom.